The third-order valence-corrected chi connectivity index (χ3v) is 4.93. The summed E-state index contributed by atoms with van der Waals surface area (Å²) in [6, 6.07) is 5.65. The lowest BCUT2D eigenvalue weighted by molar-refractivity contribution is 0.578. The Labute approximate surface area is 121 Å². The van der Waals surface area contributed by atoms with Gasteiger partial charge in [-0.2, -0.15) is 0 Å². The Balaban J connectivity index is 2.36. The molecule has 0 atom stereocenters. The molecule has 1 rings (SSSR count). The molecule has 0 spiro atoms. The Morgan fingerprint density at radius 1 is 1.39 bits per heavy atom. The minimum Gasteiger partial charge on any atom is -0.312 e. The fraction of sp³-hybridized carbons (Fsp3) is 0.455. The van der Waals surface area contributed by atoms with Crippen LogP contribution >= 0.6 is 27.5 Å². The summed E-state index contributed by atoms with van der Waals surface area (Å²) in [5.41, 5.74) is 1.02. The molecular weight excluding hydrogens is 340 g/mol. The van der Waals surface area contributed by atoms with Crippen molar-refractivity contribution < 1.29 is 8.42 Å². The quantitative estimate of drug-likeness (QED) is 0.737. The van der Waals surface area contributed by atoms with Crippen LogP contribution in [0.4, 0.5) is 0 Å². The molecule has 4 nitrogen and oxygen atoms in total. The smallest absolute Gasteiger partial charge is 0.212 e. The molecule has 0 radical (unpaired) electrons. The predicted octanol–water partition coefficient (Wildman–Crippen LogP) is 2.13. The highest BCUT2D eigenvalue weighted by molar-refractivity contribution is 9.10. The van der Waals surface area contributed by atoms with Gasteiger partial charge in [0.25, 0.3) is 0 Å². The molecule has 7 heteroatoms. The van der Waals surface area contributed by atoms with Gasteiger partial charge in [-0.15, -0.1) is 0 Å². The number of benzene rings is 1. The first-order valence-corrected chi connectivity index (χ1v) is 8.39. The van der Waals surface area contributed by atoms with Crippen molar-refractivity contribution in [3.05, 3.63) is 33.3 Å². The second kappa shape index (κ2) is 7.45. The zero-order valence-electron chi connectivity index (χ0n) is 10.0. The van der Waals surface area contributed by atoms with Crippen molar-refractivity contribution in [2.75, 3.05) is 18.8 Å². The summed E-state index contributed by atoms with van der Waals surface area (Å²) in [6.45, 7) is 3.18. The number of rotatable bonds is 7. The van der Waals surface area contributed by atoms with E-state index in [-0.39, 0.29) is 5.75 Å². The van der Waals surface area contributed by atoms with Gasteiger partial charge in [-0.05, 0) is 33.6 Å². The maximum atomic E-state index is 11.4. The third kappa shape index (κ3) is 5.67. The van der Waals surface area contributed by atoms with Gasteiger partial charge in [0, 0.05) is 24.1 Å². The molecule has 2 N–H and O–H groups in total. The van der Waals surface area contributed by atoms with E-state index < -0.39 is 10.0 Å². The first kappa shape index (κ1) is 15.9. The van der Waals surface area contributed by atoms with Gasteiger partial charge >= 0.3 is 0 Å². The van der Waals surface area contributed by atoms with Gasteiger partial charge in [0.2, 0.25) is 10.0 Å². The van der Waals surface area contributed by atoms with Crippen LogP contribution < -0.4 is 10.0 Å². The number of hydrogen-bond donors (Lipinski definition) is 2. The fourth-order valence-electron chi connectivity index (χ4n) is 1.38. The molecule has 0 amide bonds. The SMILES string of the molecule is CCNS(=O)(=O)CCNCc1ccc(Br)c(Cl)c1. The second-order valence-electron chi connectivity index (χ2n) is 3.74. The van der Waals surface area contributed by atoms with Crippen LogP contribution in [0.2, 0.25) is 5.02 Å². The van der Waals surface area contributed by atoms with Crippen molar-refractivity contribution >= 4 is 37.6 Å². The van der Waals surface area contributed by atoms with Crippen LogP contribution in [-0.4, -0.2) is 27.3 Å². The first-order chi connectivity index (χ1) is 8.44. The van der Waals surface area contributed by atoms with E-state index in [1.54, 1.807) is 6.92 Å². The monoisotopic (exact) mass is 354 g/mol. The zero-order chi connectivity index (χ0) is 13.6. The summed E-state index contributed by atoms with van der Waals surface area (Å²) in [5, 5.41) is 3.72. The molecular formula is C11H16BrClN2O2S. The Bertz CT molecular complexity index is 494. The van der Waals surface area contributed by atoms with Gasteiger partial charge < -0.3 is 5.32 Å². The van der Waals surface area contributed by atoms with Crippen molar-refractivity contribution in [1.29, 1.82) is 0 Å². The lowest BCUT2D eigenvalue weighted by Crippen LogP contribution is -2.31. The summed E-state index contributed by atoms with van der Waals surface area (Å²) in [4.78, 5) is 0. The molecule has 1 aromatic carbocycles. The highest BCUT2D eigenvalue weighted by Gasteiger charge is 2.07. The summed E-state index contributed by atoms with van der Waals surface area (Å²) in [5.74, 6) is 0.0745. The van der Waals surface area contributed by atoms with Gasteiger partial charge in [0.15, 0.2) is 0 Å². The Morgan fingerprint density at radius 3 is 2.72 bits per heavy atom. The van der Waals surface area contributed by atoms with Gasteiger partial charge in [-0.3, -0.25) is 0 Å². The molecule has 0 heterocycles. The maximum absolute atomic E-state index is 11.4. The minimum absolute atomic E-state index is 0.0745. The van der Waals surface area contributed by atoms with Crippen LogP contribution in [0.25, 0.3) is 0 Å². The zero-order valence-corrected chi connectivity index (χ0v) is 13.2. The van der Waals surface area contributed by atoms with Gasteiger partial charge in [-0.1, -0.05) is 24.6 Å². The molecule has 0 unspecified atom stereocenters. The molecule has 0 saturated heterocycles. The number of sulfonamides is 1. The van der Waals surface area contributed by atoms with Crippen molar-refractivity contribution in [1.82, 2.24) is 10.0 Å². The van der Waals surface area contributed by atoms with E-state index in [9.17, 15) is 8.42 Å². The Kier molecular flexibility index (Phi) is 6.59. The molecule has 0 aliphatic carbocycles. The van der Waals surface area contributed by atoms with E-state index in [1.165, 1.54) is 0 Å². The topological polar surface area (TPSA) is 58.2 Å². The summed E-state index contributed by atoms with van der Waals surface area (Å²) in [6.07, 6.45) is 0. The standard InChI is InChI=1S/C11H16BrClN2O2S/c1-2-15-18(16,17)6-5-14-8-9-3-4-10(12)11(13)7-9/h3-4,7,14-15H,2,5-6,8H2,1H3. The maximum Gasteiger partial charge on any atom is 0.212 e. The van der Waals surface area contributed by atoms with Crippen LogP contribution in [0.15, 0.2) is 22.7 Å². The number of nitrogens with one attached hydrogen (secondary N) is 2. The van der Waals surface area contributed by atoms with E-state index in [1.807, 2.05) is 18.2 Å². The molecule has 0 aliphatic rings. The van der Waals surface area contributed by atoms with Crippen molar-refractivity contribution in [2.24, 2.45) is 0 Å². The van der Waals surface area contributed by atoms with E-state index in [2.05, 4.69) is 26.0 Å². The Morgan fingerprint density at radius 2 is 2.11 bits per heavy atom. The molecule has 0 aliphatic heterocycles. The lowest BCUT2D eigenvalue weighted by atomic mass is 10.2. The van der Waals surface area contributed by atoms with Gasteiger partial charge in [0.1, 0.15) is 0 Å². The third-order valence-electron chi connectivity index (χ3n) is 2.22. The lowest BCUT2D eigenvalue weighted by Gasteiger charge is -2.07. The molecule has 0 aromatic heterocycles. The van der Waals surface area contributed by atoms with Crippen LogP contribution in [0.3, 0.4) is 0 Å². The normalized spacial score (nSPS) is 11.7. The molecule has 18 heavy (non-hydrogen) atoms. The highest BCUT2D eigenvalue weighted by Crippen LogP contribution is 2.22. The van der Waals surface area contributed by atoms with Gasteiger partial charge in [-0.25, -0.2) is 13.1 Å². The highest BCUT2D eigenvalue weighted by atomic mass is 79.9. The largest absolute Gasteiger partial charge is 0.312 e. The summed E-state index contributed by atoms with van der Waals surface area (Å²) in [7, 11) is -3.15. The summed E-state index contributed by atoms with van der Waals surface area (Å²) < 4.78 is 26.0. The average Bonchev–Trinajstić information content (AvgIpc) is 2.29. The molecule has 0 bridgehead atoms. The van der Waals surface area contributed by atoms with Crippen molar-refractivity contribution in [2.45, 2.75) is 13.5 Å². The van der Waals surface area contributed by atoms with Crippen LogP contribution in [0.5, 0.6) is 0 Å². The van der Waals surface area contributed by atoms with Crippen LogP contribution in [0.1, 0.15) is 12.5 Å². The van der Waals surface area contributed by atoms with Crippen molar-refractivity contribution in [3.63, 3.8) is 0 Å². The van der Waals surface area contributed by atoms with Crippen LogP contribution in [-0.2, 0) is 16.6 Å². The van der Waals surface area contributed by atoms with E-state index in [4.69, 9.17) is 11.6 Å². The Hall–Kier alpha value is -0.140. The molecule has 1 aromatic rings. The van der Waals surface area contributed by atoms with E-state index >= 15 is 0 Å². The molecule has 0 fully saturated rings. The van der Waals surface area contributed by atoms with E-state index in [0.29, 0.717) is 24.7 Å². The number of halogens is 2. The number of hydrogen-bond acceptors (Lipinski definition) is 3. The predicted molar refractivity (Wildman–Crippen MR) is 78.3 cm³/mol. The van der Waals surface area contributed by atoms with Gasteiger partial charge in [0.05, 0.1) is 10.8 Å². The average molecular weight is 356 g/mol. The molecule has 102 valence electrons. The first-order valence-electron chi connectivity index (χ1n) is 5.56. The molecule has 0 saturated carbocycles. The summed E-state index contributed by atoms with van der Waals surface area (Å²) >= 11 is 9.27. The fourth-order valence-corrected chi connectivity index (χ4v) is 2.83. The minimum atomic E-state index is -3.15. The second-order valence-corrected chi connectivity index (χ2v) is 6.93. The van der Waals surface area contributed by atoms with Crippen molar-refractivity contribution in [3.8, 4) is 0 Å². The van der Waals surface area contributed by atoms with E-state index in [0.717, 1.165) is 10.0 Å². The van der Waals surface area contributed by atoms with Crippen LogP contribution in [0, 0.1) is 0 Å².